The molecule has 146 valence electrons. The Morgan fingerprint density at radius 1 is 1.04 bits per heavy atom. The third-order valence-electron chi connectivity index (χ3n) is 4.45. The zero-order valence-electron chi connectivity index (χ0n) is 16.0. The van der Waals surface area contributed by atoms with Crippen molar-refractivity contribution in [3.05, 3.63) is 64.2 Å². The van der Waals surface area contributed by atoms with Crippen LogP contribution in [0.3, 0.4) is 0 Å². The van der Waals surface area contributed by atoms with E-state index < -0.39 is 11.6 Å². The van der Waals surface area contributed by atoms with Crippen molar-refractivity contribution in [3.63, 3.8) is 0 Å². The van der Waals surface area contributed by atoms with Crippen molar-refractivity contribution < 1.29 is 14.4 Å². The number of imide groups is 1. The minimum Gasteiger partial charge on any atom is -0.338 e. The molecule has 0 unspecified atom stereocenters. The molecule has 3 rings (SSSR count). The van der Waals surface area contributed by atoms with E-state index in [1.807, 2.05) is 18.2 Å². The molecular weight excluding hydrogens is 378 g/mol. The second-order valence-electron chi connectivity index (χ2n) is 7.60. The number of amides is 4. The number of rotatable bonds is 4. The lowest BCUT2D eigenvalue weighted by Gasteiger charge is -2.29. The average Bonchev–Trinajstić information content (AvgIpc) is 2.87. The van der Waals surface area contributed by atoms with E-state index in [0.29, 0.717) is 34.8 Å². The Kier molecular flexibility index (Phi) is 5.42. The smallest absolute Gasteiger partial charge is 0.319 e. The minimum absolute atomic E-state index is 0.300. The highest BCUT2D eigenvalue weighted by atomic mass is 35.5. The molecule has 0 fully saturated rings. The highest BCUT2D eigenvalue weighted by molar-refractivity contribution is 6.31. The molecule has 1 aliphatic heterocycles. The van der Waals surface area contributed by atoms with Crippen LogP contribution in [0.5, 0.6) is 0 Å². The molecule has 0 radical (unpaired) electrons. The Labute approximate surface area is 168 Å². The van der Waals surface area contributed by atoms with E-state index in [4.69, 9.17) is 11.6 Å². The van der Waals surface area contributed by atoms with E-state index in [2.05, 4.69) is 10.6 Å². The summed E-state index contributed by atoms with van der Waals surface area (Å²) < 4.78 is 0. The Morgan fingerprint density at radius 3 is 2.39 bits per heavy atom. The number of carbonyl (C=O) groups excluding carboxylic acids is 3. The summed E-state index contributed by atoms with van der Waals surface area (Å²) in [5.74, 6) is -0.668. The topological polar surface area (TPSA) is 78.5 Å². The van der Waals surface area contributed by atoms with Gasteiger partial charge in [0, 0.05) is 22.8 Å². The number of carbonyl (C=O) groups is 3. The highest BCUT2D eigenvalue weighted by Gasteiger charge is 2.41. The molecule has 6 nitrogen and oxygen atoms in total. The maximum atomic E-state index is 12.6. The molecule has 2 aromatic rings. The lowest BCUT2D eigenvalue weighted by atomic mass is 10.1. The lowest BCUT2D eigenvalue weighted by Crippen LogP contribution is -2.45. The number of urea groups is 1. The fraction of sp³-hybridized carbons (Fsp3) is 0.286. The van der Waals surface area contributed by atoms with Gasteiger partial charge in [0.15, 0.2) is 0 Å². The van der Waals surface area contributed by atoms with Gasteiger partial charge in [-0.2, -0.15) is 0 Å². The van der Waals surface area contributed by atoms with Crippen LogP contribution in [-0.2, 0) is 6.42 Å². The fourth-order valence-electron chi connectivity index (χ4n) is 3.11. The summed E-state index contributed by atoms with van der Waals surface area (Å²) >= 11 is 6.10. The molecule has 2 aromatic carbocycles. The first-order valence-corrected chi connectivity index (χ1v) is 9.37. The second kappa shape index (κ2) is 7.64. The summed E-state index contributed by atoms with van der Waals surface area (Å²) in [6, 6.07) is 11.8. The van der Waals surface area contributed by atoms with E-state index in [-0.39, 0.29) is 11.8 Å². The van der Waals surface area contributed by atoms with Gasteiger partial charge in [-0.05, 0) is 57.0 Å². The van der Waals surface area contributed by atoms with E-state index >= 15 is 0 Å². The Bertz CT molecular complexity index is 950. The molecule has 0 atom stereocenters. The molecule has 0 saturated heterocycles. The van der Waals surface area contributed by atoms with Gasteiger partial charge >= 0.3 is 6.03 Å². The largest absolute Gasteiger partial charge is 0.338 e. The van der Waals surface area contributed by atoms with E-state index in [0.717, 1.165) is 5.56 Å². The average molecular weight is 400 g/mol. The third-order valence-corrected chi connectivity index (χ3v) is 4.82. The van der Waals surface area contributed by atoms with Crippen LogP contribution in [0.25, 0.3) is 0 Å². The van der Waals surface area contributed by atoms with Gasteiger partial charge in [-0.25, -0.2) is 4.79 Å². The number of fused-ring (bicyclic) bond motifs is 1. The molecule has 1 heterocycles. The first kappa shape index (κ1) is 19.9. The van der Waals surface area contributed by atoms with Gasteiger partial charge < -0.3 is 10.6 Å². The van der Waals surface area contributed by atoms with Gasteiger partial charge in [-0.1, -0.05) is 29.8 Å². The molecule has 0 bridgehead atoms. The van der Waals surface area contributed by atoms with Crippen LogP contribution in [-0.4, -0.2) is 34.8 Å². The molecular formula is C21H22ClN3O3. The first-order valence-electron chi connectivity index (χ1n) is 8.99. The van der Waals surface area contributed by atoms with Crippen molar-refractivity contribution in [2.24, 2.45) is 0 Å². The van der Waals surface area contributed by atoms with Gasteiger partial charge in [0.05, 0.1) is 11.1 Å². The number of nitrogens with zero attached hydrogens (tertiary/aromatic N) is 1. The number of anilines is 1. The van der Waals surface area contributed by atoms with Gasteiger partial charge in [0.1, 0.15) is 0 Å². The zero-order valence-corrected chi connectivity index (χ0v) is 16.8. The van der Waals surface area contributed by atoms with Crippen molar-refractivity contribution in [1.29, 1.82) is 0 Å². The molecule has 28 heavy (non-hydrogen) atoms. The van der Waals surface area contributed by atoms with Gasteiger partial charge in [0.2, 0.25) is 0 Å². The molecule has 0 aromatic heterocycles. The van der Waals surface area contributed by atoms with Gasteiger partial charge in [-0.3, -0.25) is 14.5 Å². The summed E-state index contributed by atoms with van der Waals surface area (Å²) in [6.07, 6.45) is 0.602. The Balaban J connectivity index is 1.63. The Hall–Kier alpha value is -2.86. The quantitative estimate of drug-likeness (QED) is 0.760. The first-order chi connectivity index (χ1) is 13.2. The van der Waals surface area contributed by atoms with E-state index in [1.54, 1.807) is 39.0 Å². The predicted molar refractivity (Wildman–Crippen MR) is 109 cm³/mol. The monoisotopic (exact) mass is 399 g/mol. The van der Waals surface area contributed by atoms with Crippen molar-refractivity contribution in [2.45, 2.75) is 32.7 Å². The van der Waals surface area contributed by atoms with Crippen LogP contribution in [0.15, 0.2) is 42.5 Å². The van der Waals surface area contributed by atoms with Crippen LogP contribution < -0.4 is 10.6 Å². The van der Waals surface area contributed by atoms with Crippen LogP contribution in [0.4, 0.5) is 10.5 Å². The lowest BCUT2D eigenvalue weighted by molar-refractivity contribution is 0.0507. The highest BCUT2D eigenvalue weighted by Crippen LogP contribution is 2.30. The molecule has 4 amide bonds. The second-order valence-corrected chi connectivity index (χ2v) is 8.01. The number of halogens is 1. The third kappa shape index (κ3) is 4.02. The molecule has 7 heteroatoms. The van der Waals surface area contributed by atoms with Crippen LogP contribution in [0.2, 0.25) is 5.02 Å². The van der Waals surface area contributed by atoms with E-state index in [9.17, 15) is 14.4 Å². The zero-order chi connectivity index (χ0) is 20.5. The number of benzene rings is 2. The van der Waals surface area contributed by atoms with Crippen molar-refractivity contribution in [1.82, 2.24) is 10.2 Å². The fourth-order valence-corrected chi connectivity index (χ4v) is 3.35. The van der Waals surface area contributed by atoms with E-state index in [1.165, 1.54) is 11.0 Å². The predicted octanol–water partition coefficient (Wildman–Crippen LogP) is 4.10. The van der Waals surface area contributed by atoms with Crippen molar-refractivity contribution in [3.8, 4) is 0 Å². The summed E-state index contributed by atoms with van der Waals surface area (Å²) in [5.41, 5.74) is 1.44. The molecule has 2 N–H and O–H groups in total. The summed E-state index contributed by atoms with van der Waals surface area (Å²) in [6.45, 7) is 5.83. The van der Waals surface area contributed by atoms with Crippen molar-refractivity contribution in [2.75, 3.05) is 11.9 Å². The summed E-state index contributed by atoms with van der Waals surface area (Å²) in [4.78, 5) is 38.5. The molecule has 0 saturated carbocycles. The van der Waals surface area contributed by atoms with Crippen molar-refractivity contribution >= 4 is 35.1 Å². The van der Waals surface area contributed by atoms with Gasteiger partial charge in [-0.15, -0.1) is 0 Å². The van der Waals surface area contributed by atoms with Gasteiger partial charge in [0.25, 0.3) is 11.8 Å². The normalized spacial score (nSPS) is 13.5. The van der Waals surface area contributed by atoms with Crippen LogP contribution in [0, 0.1) is 0 Å². The summed E-state index contributed by atoms with van der Waals surface area (Å²) in [5, 5.41) is 6.11. The molecule has 0 spiro atoms. The molecule has 0 aliphatic carbocycles. The van der Waals surface area contributed by atoms with Crippen LogP contribution in [0.1, 0.15) is 47.1 Å². The maximum Gasteiger partial charge on any atom is 0.319 e. The standard InChI is InChI=1S/C21H22ClN3O3/c1-21(2,3)25-18(26)15-9-8-14(12-16(15)19(25)27)24-20(28)23-11-10-13-6-4-5-7-17(13)22/h4-9,12H,10-11H2,1-3H3,(H2,23,24,28). The number of hydrogen-bond donors (Lipinski definition) is 2. The number of hydrogen-bond acceptors (Lipinski definition) is 3. The minimum atomic E-state index is -0.614. The number of nitrogens with one attached hydrogen (secondary N) is 2. The summed E-state index contributed by atoms with van der Waals surface area (Å²) in [7, 11) is 0. The van der Waals surface area contributed by atoms with Crippen LogP contribution >= 0.6 is 11.6 Å². The molecule has 1 aliphatic rings. The Morgan fingerprint density at radius 2 is 1.71 bits per heavy atom. The SMILES string of the molecule is CC(C)(C)N1C(=O)c2ccc(NC(=O)NCCc3ccccc3Cl)cc2C1=O. The maximum absolute atomic E-state index is 12.6.